The molecule has 2 aliphatic heterocycles. The van der Waals surface area contributed by atoms with Crippen LogP contribution >= 0.6 is 12.4 Å². The Hall–Kier alpha value is -0.710. The summed E-state index contributed by atoms with van der Waals surface area (Å²) in [5.41, 5.74) is 0. The van der Waals surface area contributed by atoms with Crippen LogP contribution < -0.4 is 5.32 Å². The van der Waals surface area contributed by atoms with Gasteiger partial charge in [0.15, 0.2) is 0 Å². The van der Waals surface area contributed by atoms with Crippen molar-refractivity contribution in [3.05, 3.63) is 24.3 Å². The maximum atomic E-state index is 12.8. The van der Waals surface area contributed by atoms with E-state index in [4.69, 9.17) is 0 Å². The van der Waals surface area contributed by atoms with Gasteiger partial charge in [-0.05, 0) is 44.0 Å². The van der Waals surface area contributed by atoms with Crippen molar-refractivity contribution in [1.82, 2.24) is 13.9 Å². The molecule has 142 valence electrons. The fourth-order valence-electron chi connectivity index (χ4n) is 3.08. The van der Waals surface area contributed by atoms with Gasteiger partial charge in [0, 0.05) is 32.7 Å². The number of nitrogens with one attached hydrogen (secondary N) is 1. The van der Waals surface area contributed by atoms with Crippen LogP contribution in [0.25, 0.3) is 0 Å². The van der Waals surface area contributed by atoms with Crippen LogP contribution in [-0.4, -0.2) is 64.7 Å². The Morgan fingerprint density at radius 1 is 0.760 bits per heavy atom. The molecule has 1 aromatic carbocycles. The molecule has 0 aliphatic carbocycles. The maximum Gasteiger partial charge on any atom is 0.243 e. The second kappa shape index (κ2) is 8.32. The molecule has 3 rings (SSSR count). The van der Waals surface area contributed by atoms with Gasteiger partial charge in [-0.25, -0.2) is 16.8 Å². The summed E-state index contributed by atoms with van der Waals surface area (Å²) >= 11 is 0. The lowest BCUT2D eigenvalue weighted by Gasteiger charge is -2.21. The Morgan fingerprint density at radius 3 is 1.88 bits per heavy atom. The highest BCUT2D eigenvalue weighted by Gasteiger charge is 2.30. The van der Waals surface area contributed by atoms with Gasteiger partial charge in [0.25, 0.3) is 0 Å². The Bertz CT molecular complexity index is 785. The zero-order valence-corrected chi connectivity index (χ0v) is 16.4. The summed E-state index contributed by atoms with van der Waals surface area (Å²) in [4.78, 5) is 0.100. The smallest absolute Gasteiger partial charge is 0.243 e. The van der Waals surface area contributed by atoms with Crippen LogP contribution in [-0.2, 0) is 20.0 Å². The Kier molecular flexibility index (Phi) is 6.86. The highest BCUT2D eigenvalue weighted by molar-refractivity contribution is 7.90. The summed E-state index contributed by atoms with van der Waals surface area (Å²) < 4.78 is 53.8. The first-order valence-corrected chi connectivity index (χ1v) is 11.1. The summed E-state index contributed by atoms with van der Waals surface area (Å²) in [6.07, 6.45) is 2.43. The van der Waals surface area contributed by atoms with Crippen LogP contribution in [0.5, 0.6) is 0 Å². The number of halogens is 1. The van der Waals surface area contributed by atoms with E-state index in [0.29, 0.717) is 32.7 Å². The fourth-order valence-corrected chi connectivity index (χ4v) is 6.25. The average Bonchev–Trinajstić information content (AvgIpc) is 2.98. The highest BCUT2D eigenvalue weighted by Crippen LogP contribution is 2.24. The van der Waals surface area contributed by atoms with Gasteiger partial charge in [-0.3, -0.25) is 0 Å². The van der Waals surface area contributed by atoms with Crippen molar-refractivity contribution in [2.45, 2.75) is 29.1 Å². The molecule has 2 aliphatic rings. The van der Waals surface area contributed by atoms with Gasteiger partial charge in [-0.1, -0.05) is 6.07 Å². The van der Waals surface area contributed by atoms with Crippen LogP contribution in [0.3, 0.4) is 0 Å². The summed E-state index contributed by atoms with van der Waals surface area (Å²) in [6, 6.07) is 5.74. The molecule has 0 radical (unpaired) electrons. The summed E-state index contributed by atoms with van der Waals surface area (Å²) in [7, 11) is -7.30. The molecule has 2 fully saturated rings. The number of hydrogen-bond acceptors (Lipinski definition) is 5. The van der Waals surface area contributed by atoms with Crippen molar-refractivity contribution in [2.24, 2.45) is 0 Å². The van der Waals surface area contributed by atoms with E-state index in [-0.39, 0.29) is 22.2 Å². The molecule has 0 spiro atoms. The van der Waals surface area contributed by atoms with Crippen LogP contribution in [0, 0.1) is 0 Å². The van der Waals surface area contributed by atoms with Crippen molar-refractivity contribution in [3.63, 3.8) is 0 Å². The molecular weight excluding hydrogens is 386 g/mol. The van der Waals surface area contributed by atoms with Gasteiger partial charge in [0.2, 0.25) is 20.0 Å². The first-order chi connectivity index (χ1) is 11.4. The average molecular weight is 410 g/mol. The summed E-state index contributed by atoms with van der Waals surface area (Å²) in [5.74, 6) is 0. The lowest BCUT2D eigenvalue weighted by atomic mass is 10.4. The Balaban J connectivity index is 0.00000225. The van der Waals surface area contributed by atoms with Crippen molar-refractivity contribution >= 4 is 32.5 Å². The predicted octanol–water partition coefficient (Wildman–Crippen LogP) is 0.877. The van der Waals surface area contributed by atoms with Crippen LogP contribution in [0.4, 0.5) is 0 Å². The van der Waals surface area contributed by atoms with Crippen molar-refractivity contribution in [3.8, 4) is 0 Å². The molecule has 0 saturated carbocycles. The van der Waals surface area contributed by atoms with Gasteiger partial charge in [-0.15, -0.1) is 12.4 Å². The molecule has 0 aromatic heterocycles. The molecule has 25 heavy (non-hydrogen) atoms. The number of benzene rings is 1. The first kappa shape index (κ1) is 20.6. The molecule has 1 aromatic rings. The lowest BCUT2D eigenvalue weighted by Crippen LogP contribution is -2.34. The van der Waals surface area contributed by atoms with E-state index >= 15 is 0 Å². The van der Waals surface area contributed by atoms with E-state index in [1.807, 2.05) is 0 Å². The summed E-state index contributed by atoms with van der Waals surface area (Å²) in [6.45, 7) is 3.22. The van der Waals surface area contributed by atoms with Crippen LogP contribution in [0.2, 0.25) is 0 Å². The van der Waals surface area contributed by atoms with Crippen molar-refractivity contribution in [1.29, 1.82) is 0 Å². The molecule has 1 N–H and O–H groups in total. The monoisotopic (exact) mass is 409 g/mol. The standard InChI is InChI=1S/C15H23N3O4S2.ClH/c19-23(20,17-9-1-2-10-17)14-5-3-6-15(13-14)24(21,22)18-11-4-7-16-8-12-18;/h3,5-6,13,16H,1-2,4,7-12H2;1H. The number of rotatable bonds is 4. The Labute approximate surface area is 155 Å². The summed E-state index contributed by atoms with van der Waals surface area (Å²) in [5, 5.41) is 3.16. The maximum absolute atomic E-state index is 12.8. The normalized spacial score (nSPS) is 20.8. The Morgan fingerprint density at radius 2 is 1.28 bits per heavy atom. The van der Waals surface area contributed by atoms with Crippen molar-refractivity contribution < 1.29 is 16.8 Å². The zero-order valence-electron chi connectivity index (χ0n) is 13.9. The van der Waals surface area contributed by atoms with E-state index in [2.05, 4.69) is 5.32 Å². The molecule has 7 nitrogen and oxygen atoms in total. The topological polar surface area (TPSA) is 86.8 Å². The number of sulfonamides is 2. The van der Waals surface area contributed by atoms with E-state index in [9.17, 15) is 16.8 Å². The minimum absolute atomic E-state index is 0. The first-order valence-electron chi connectivity index (χ1n) is 8.23. The predicted molar refractivity (Wildman–Crippen MR) is 97.9 cm³/mol. The third-order valence-electron chi connectivity index (χ3n) is 4.45. The molecule has 10 heteroatoms. The van der Waals surface area contributed by atoms with E-state index < -0.39 is 20.0 Å². The SMILES string of the molecule is Cl.O=S(=O)(c1cccc(S(=O)(=O)N2CCCNCC2)c1)N1CCCC1. The second-order valence-corrected chi connectivity index (χ2v) is 9.97. The third-order valence-corrected chi connectivity index (χ3v) is 8.23. The van der Waals surface area contributed by atoms with Gasteiger partial charge in [0.05, 0.1) is 9.79 Å². The molecule has 2 saturated heterocycles. The van der Waals surface area contributed by atoms with Gasteiger partial charge >= 0.3 is 0 Å². The third kappa shape index (κ3) is 4.35. The van der Waals surface area contributed by atoms with Crippen LogP contribution in [0.15, 0.2) is 34.1 Å². The lowest BCUT2D eigenvalue weighted by molar-refractivity contribution is 0.431. The van der Waals surface area contributed by atoms with Gasteiger partial charge < -0.3 is 5.32 Å². The highest BCUT2D eigenvalue weighted by atomic mass is 35.5. The van der Waals surface area contributed by atoms with E-state index in [1.54, 1.807) is 0 Å². The van der Waals surface area contributed by atoms with E-state index in [0.717, 1.165) is 25.8 Å². The quantitative estimate of drug-likeness (QED) is 0.797. The second-order valence-electron chi connectivity index (χ2n) is 6.09. The van der Waals surface area contributed by atoms with E-state index in [1.165, 1.54) is 32.9 Å². The van der Waals surface area contributed by atoms with Crippen molar-refractivity contribution in [2.75, 3.05) is 39.3 Å². The van der Waals surface area contributed by atoms with Gasteiger partial charge in [0.1, 0.15) is 0 Å². The zero-order chi connectivity index (χ0) is 17.2. The minimum Gasteiger partial charge on any atom is -0.315 e. The molecular formula is C15H24ClN3O4S2. The molecule has 2 heterocycles. The minimum atomic E-state index is -3.68. The molecule has 0 atom stereocenters. The number of nitrogens with zero attached hydrogens (tertiary/aromatic N) is 2. The number of hydrogen-bond donors (Lipinski definition) is 1. The van der Waals surface area contributed by atoms with Gasteiger partial charge in [-0.2, -0.15) is 8.61 Å². The fraction of sp³-hybridized carbons (Fsp3) is 0.600. The largest absolute Gasteiger partial charge is 0.315 e. The molecule has 0 bridgehead atoms. The molecule has 0 unspecified atom stereocenters. The molecule has 0 amide bonds. The van der Waals surface area contributed by atoms with Crippen LogP contribution in [0.1, 0.15) is 19.3 Å².